The minimum Gasteiger partial charge on any atom is -0.456 e. The summed E-state index contributed by atoms with van der Waals surface area (Å²) in [7, 11) is 1.95. The topological polar surface area (TPSA) is 49.6 Å². The van der Waals surface area contributed by atoms with Gasteiger partial charge in [-0.25, -0.2) is 0 Å². The highest BCUT2D eigenvalue weighted by atomic mass is 16.3. The molecule has 9 rings (SSSR count). The van der Waals surface area contributed by atoms with Gasteiger partial charge in [0.25, 0.3) is 0 Å². The van der Waals surface area contributed by atoms with Crippen LogP contribution >= 0.6 is 0 Å². The minimum atomic E-state index is -0.221. The summed E-state index contributed by atoms with van der Waals surface area (Å²) in [6, 6.07) is 55.6. The summed E-state index contributed by atoms with van der Waals surface area (Å²) in [6.45, 7) is 0. The van der Waals surface area contributed by atoms with E-state index in [0.717, 1.165) is 66.9 Å². The molecule has 2 heterocycles. The second-order valence-corrected chi connectivity index (χ2v) is 12.5. The maximum atomic E-state index is 6.40. The van der Waals surface area contributed by atoms with Crippen molar-refractivity contribution in [2.75, 3.05) is 12.4 Å². The van der Waals surface area contributed by atoms with Crippen molar-refractivity contribution >= 4 is 49.8 Å². The van der Waals surface area contributed by atoms with Crippen molar-refractivity contribution in [1.29, 1.82) is 0 Å². The molecule has 49 heavy (non-hydrogen) atoms. The van der Waals surface area contributed by atoms with Gasteiger partial charge in [-0.15, -0.1) is 0 Å². The van der Waals surface area contributed by atoms with Crippen molar-refractivity contribution in [2.24, 2.45) is 4.99 Å². The monoisotopic (exact) mass is 631 g/mol. The maximum Gasteiger partial charge on any atom is 0.145 e. The number of hydrogen-bond acceptors (Lipinski definition) is 4. The zero-order chi connectivity index (χ0) is 32.7. The van der Waals surface area contributed by atoms with Crippen LogP contribution in [0.15, 0.2) is 173 Å². The minimum absolute atomic E-state index is 0.221. The first-order valence-corrected chi connectivity index (χ1v) is 16.6. The summed E-state index contributed by atoms with van der Waals surface area (Å²) in [6.07, 6.45) is 1.95. The second-order valence-electron chi connectivity index (χ2n) is 12.5. The Morgan fingerprint density at radius 1 is 0.571 bits per heavy atom. The number of benzene rings is 7. The summed E-state index contributed by atoms with van der Waals surface area (Å²) in [5.41, 5.74) is 12.8. The third kappa shape index (κ3) is 5.34. The third-order valence-corrected chi connectivity index (χ3v) is 9.47. The van der Waals surface area contributed by atoms with Crippen LogP contribution in [-0.2, 0) is 0 Å². The average molecular weight is 632 g/mol. The van der Waals surface area contributed by atoms with E-state index < -0.39 is 0 Å². The van der Waals surface area contributed by atoms with Gasteiger partial charge in [0.15, 0.2) is 0 Å². The Morgan fingerprint density at radius 3 is 2.12 bits per heavy atom. The Bertz CT molecular complexity index is 2560. The van der Waals surface area contributed by atoms with Gasteiger partial charge in [-0.2, -0.15) is 0 Å². The molecule has 8 aromatic rings. The van der Waals surface area contributed by atoms with Gasteiger partial charge in [0.05, 0.1) is 5.71 Å². The fourth-order valence-electron chi connectivity index (χ4n) is 6.95. The lowest BCUT2D eigenvalue weighted by molar-refractivity contribution is 0.664. The van der Waals surface area contributed by atoms with Gasteiger partial charge in [0.2, 0.25) is 0 Å². The summed E-state index contributed by atoms with van der Waals surface area (Å²) in [5, 5.41) is 11.6. The fourth-order valence-corrected chi connectivity index (χ4v) is 6.95. The van der Waals surface area contributed by atoms with Gasteiger partial charge in [-0.1, -0.05) is 121 Å². The van der Waals surface area contributed by atoms with Crippen LogP contribution < -0.4 is 10.6 Å². The van der Waals surface area contributed by atoms with Gasteiger partial charge in [0.1, 0.15) is 17.3 Å². The van der Waals surface area contributed by atoms with E-state index in [0.29, 0.717) is 0 Å². The summed E-state index contributed by atoms with van der Waals surface area (Å²) in [5.74, 6) is 0. The van der Waals surface area contributed by atoms with Gasteiger partial charge in [0, 0.05) is 34.8 Å². The molecular weight excluding hydrogens is 599 g/mol. The quantitative estimate of drug-likeness (QED) is 0.192. The van der Waals surface area contributed by atoms with Gasteiger partial charge >= 0.3 is 0 Å². The standard InChI is InChI=1S/C45H33N3O/c1-46-37-17-8-14-32(25-37)29-20-22-30(23-21-29)40-28-41(48-45(47-40)31-10-3-2-4-11-31)36-16-7-15-35(24-36)38-18-9-19-42-44(38)39-26-33-12-5-6-13-34(33)27-43(39)49-42/h2-28,45-47H,1H3. The lowest BCUT2D eigenvalue weighted by Crippen LogP contribution is -2.24. The first-order valence-electron chi connectivity index (χ1n) is 16.6. The van der Waals surface area contributed by atoms with Gasteiger partial charge < -0.3 is 15.1 Å². The Labute approximate surface area is 285 Å². The number of furan rings is 1. The predicted molar refractivity (Wildman–Crippen MR) is 205 cm³/mol. The fraction of sp³-hybridized carbons (Fsp3) is 0.0444. The molecule has 0 amide bonds. The molecule has 1 atom stereocenters. The van der Waals surface area contributed by atoms with Crippen molar-refractivity contribution in [3.8, 4) is 22.3 Å². The molecule has 0 aliphatic carbocycles. The van der Waals surface area contributed by atoms with Crippen molar-refractivity contribution in [1.82, 2.24) is 5.32 Å². The highest BCUT2D eigenvalue weighted by Crippen LogP contribution is 2.39. The van der Waals surface area contributed by atoms with E-state index in [1.807, 2.05) is 13.1 Å². The van der Waals surface area contributed by atoms with Crippen LogP contribution in [0.1, 0.15) is 22.9 Å². The molecule has 4 heteroatoms. The lowest BCUT2D eigenvalue weighted by atomic mass is 9.95. The molecule has 0 saturated heterocycles. The molecule has 0 fully saturated rings. The third-order valence-electron chi connectivity index (χ3n) is 9.47. The summed E-state index contributed by atoms with van der Waals surface area (Å²) in [4.78, 5) is 5.26. The van der Waals surface area contributed by atoms with E-state index >= 15 is 0 Å². The Morgan fingerprint density at radius 2 is 1.29 bits per heavy atom. The number of fused-ring (bicyclic) bond motifs is 4. The van der Waals surface area contributed by atoms with E-state index in [9.17, 15) is 0 Å². The van der Waals surface area contributed by atoms with E-state index in [1.54, 1.807) is 0 Å². The van der Waals surface area contributed by atoms with Crippen LogP contribution in [0, 0.1) is 0 Å². The van der Waals surface area contributed by atoms with Crippen molar-refractivity contribution < 1.29 is 4.42 Å². The highest BCUT2D eigenvalue weighted by molar-refractivity contribution is 6.17. The second kappa shape index (κ2) is 12.0. The normalized spacial score (nSPS) is 14.4. The van der Waals surface area contributed by atoms with Crippen LogP contribution in [-0.4, -0.2) is 12.8 Å². The molecular formula is C45H33N3O. The molecule has 0 radical (unpaired) electrons. The number of hydrogen-bond donors (Lipinski definition) is 2. The van der Waals surface area contributed by atoms with E-state index in [4.69, 9.17) is 9.41 Å². The molecule has 7 aromatic carbocycles. The number of nitrogens with zero attached hydrogens (tertiary/aromatic N) is 1. The van der Waals surface area contributed by atoms with Gasteiger partial charge in [-0.05, 0) is 86.6 Å². The largest absolute Gasteiger partial charge is 0.456 e. The zero-order valence-electron chi connectivity index (χ0n) is 27.0. The Kier molecular flexibility index (Phi) is 7.06. The van der Waals surface area contributed by atoms with Crippen LogP contribution in [0.3, 0.4) is 0 Å². The van der Waals surface area contributed by atoms with Crippen LogP contribution in [0.5, 0.6) is 0 Å². The van der Waals surface area contributed by atoms with E-state index in [2.05, 4.69) is 168 Å². The van der Waals surface area contributed by atoms with Gasteiger partial charge in [-0.3, -0.25) is 4.99 Å². The Balaban J connectivity index is 1.13. The Hall–Kier alpha value is -6.39. The zero-order valence-corrected chi connectivity index (χ0v) is 27.0. The van der Waals surface area contributed by atoms with E-state index in [-0.39, 0.29) is 6.17 Å². The predicted octanol–water partition coefficient (Wildman–Crippen LogP) is 11.2. The summed E-state index contributed by atoms with van der Waals surface area (Å²) < 4.78 is 6.40. The van der Waals surface area contributed by atoms with Crippen LogP contribution in [0.25, 0.3) is 60.7 Å². The molecule has 4 nitrogen and oxygen atoms in total. The number of aliphatic imine (C=N–C) groups is 1. The van der Waals surface area contributed by atoms with Crippen molar-refractivity contribution in [2.45, 2.75) is 6.17 Å². The molecule has 1 aromatic heterocycles. The molecule has 1 aliphatic heterocycles. The number of allylic oxidation sites excluding steroid dienone is 1. The molecule has 234 valence electrons. The first kappa shape index (κ1) is 28.8. The highest BCUT2D eigenvalue weighted by Gasteiger charge is 2.21. The van der Waals surface area contributed by atoms with Crippen LogP contribution in [0.2, 0.25) is 0 Å². The van der Waals surface area contributed by atoms with Crippen LogP contribution in [0.4, 0.5) is 5.69 Å². The molecule has 0 bridgehead atoms. The number of rotatable bonds is 6. The molecule has 1 unspecified atom stereocenters. The molecule has 1 aliphatic rings. The smallest absolute Gasteiger partial charge is 0.145 e. The number of anilines is 1. The maximum absolute atomic E-state index is 6.40. The van der Waals surface area contributed by atoms with E-state index in [1.165, 1.54) is 21.9 Å². The summed E-state index contributed by atoms with van der Waals surface area (Å²) >= 11 is 0. The average Bonchev–Trinajstić information content (AvgIpc) is 3.55. The molecule has 0 saturated carbocycles. The van der Waals surface area contributed by atoms with Crippen molar-refractivity contribution in [3.63, 3.8) is 0 Å². The lowest BCUT2D eigenvalue weighted by Gasteiger charge is -2.25. The SMILES string of the molecule is CNc1cccc(-c2ccc(C3=CC(c4cccc(-c5cccc6oc7cc8ccccc8cc7c56)c4)=NC(c4ccccc4)N3)cc2)c1. The van der Waals surface area contributed by atoms with Crippen molar-refractivity contribution in [3.05, 3.63) is 180 Å². The molecule has 0 spiro atoms. The number of nitrogens with one attached hydrogen (secondary N) is 2. The molecule has 2 N–H and O–H groups in total. The first-order chi connectivity index (χ1) is 24.2.